The van der Waals surface area contributed by atoms with Crippen molar-refractivity contribution in [1.29, 1.82) is 0 Å². The van der Waals surface area contributed by atoms with Crippen LogP contribution in [-0.4, -0.2) is 35.4 Å². The maximum atomic E-state index is 12.7. The largest absolute Gasteiger partial charge is 0.461 e. The molecular weight excluding hydrogens is 484 g/mol. The average Bonchev–Trinajstić information content (AvgIpc) is 3.18. The number of ether oxygens (including phenoxy) is 3. The summed E-state index contributed by atoms with van der Waals surface area (Å²) in [6.07, 6.45) is 15.9. The molecule has 0 fully saturated rings. The molecule has 1 aromatic carbocycles. The number of carbonyl (C=O) groups excluding carboxylic acids is 4. The first-order chi connectivity index (χ1) is 18.3. The summed E-state index contributed by atoms with van der Waals surface area (Å²) in [5.74, 6) is -1.66. The first-order valence-corrected chi connectivity index (χ1v) is 13.1. The van der Waals surface area contributed by atoms with Crippen LogP contribution < -0.4 is 0 Å². The van der Waals surface area contributed by atoms with Gasteiger partial charge in [0.25, 0.3) is 0 Å². The first kappa shape index (κ1) is 30.5. The second-order valence-electron chi connectivity index (χ2n) is 9.15. The Kier molecular flexibility index (Phi) is 13.0. The van der Waals surface area contributed by atoms with Gasteiger partial charge >= 0.3 is 17.9 Å². The van der Waals surface area contributed by atoms with E-state index in [2.05, 4.69) is 6.92 Å². The van der Waals surface area contributed by atoms with Gasteiger partial charge in [0.1, 0.15) is 12.7 Å². The quantitative estimate of drug-likeness (QED) is 0.0931. The summed E-state index contributed by atoms with van der Waals surface area (Å²) in [7, 11) is 0. The molecule has 0 unspecified atom stereocenters. The highest BCUT2D eigenvalue weighted by Gasteiger charge is 2.41. The molecule has 1 aromatic rings. The lowest BCUT2D eigenvalue weighted by molar-refractivity contribution is -0.149. The number of benzene rings is 1. The number of carbonyl (C=O) groups is 4. The number of esters is 3. The van der Waals surface area contributed by atoms with Crippen LogP contribution in [0.1, 0.15) is 71.3 Å². The first-order valence-electron chi connectivity index (χ1n) is 13.1. The van der Waals surface area contributed by atoms with E-state index in [4.69, 9.17) is 14.2 Å². The van der Waals surface area contributed by atoms with Crippen molar-refractivity contribution >= 4 is 23.7 Å². The fourth-order valence-electron chi connectivity index (χ4n) is 4.03. The lowest BCUT2D eigenvalue weighted by Gasteiger charge is -2.27. The number of rotatable bonds is 15. The minimum absolute atomic E-state index is 0.0480. The van der Waals surface area contributed by atoms with Gasteiger partial charge < -0.3 is 14.2 Å². The summed E-state index contributed by atoms with van der Waals surface area (Å²) in [5, 5.41) is 0. The highest BCUT2D eigenvalue weighted by atomic mass is 16.6. The highest BCUT2D eigenvalue weighted by Crippen LogP contribution is 2.34. The van der Waals surface area contributed by atoms with Crippen LogP contribution >= 0.6 is 0 Å². The number of unbranched alkanes of at least 4 members (excludes halogenated alkanes) is 3. The lowest BCUT2D eigenvalue weighted by atomic mass is 9.91. The van der Waals surface area contributed by atoms with Gasteiger partial charge in [0.15, 0.2) is 11.4 Å². The molecule has 7 nitrogen and oxygen atoms in total. The van der Waals surface area contributed by atoms with Crippen LogP contribution in [0.4, 0.5) is 0 Å². The summed E-state index contributed by atoms with van der Waals surface area (Å²) >= 11 is 0. The van der Waals surface area contributed by atoms with E-state index in [1.54, 1.807) is 24.3 Å². The Morgan fingerprint density at radius 1 is 1.03 bits per heavy atom. The van der Waals surface area contributed by atoms with Gasteiger partial charge in [0, 0.05) is 32.3 Å². The maximum absolute atomic E-state index is 12.7. The topological polar surface area (TPSA) is 96.0 Å². The average molecular weight is 523 g/mol. The monoisotopic (exact) mass is 522 g/mol. The van der Waals surface area contributed by atoms with Crippen LogP contribution in [0, 0.1) is 0 Å². The molecule has 0 aromatic heterocycles. The van der Waals surface area contributed by atoms with Crippen molar-refractivity contribution in [3.63, 3.8) is 0 Å². The van der Waals surface area contributed by atoms with Crippen LogP contribution in [0.5, 0.6) is 0 Å². The zero-order valence-corrected chi connectivity index (χ0v) is 22.5. The molecule has 1 aliphatic carbocycles. The van der Waals surface area contributed by atoms with Crippen molar-refractivity contribution in [2.75, 3.05) is 0 Å². The number of allylic oxidation sites excluding steroid dienone is 4. The molecule has 0 N–H and O–H groups in total. The van der Waals surface area contributed by atoms with Gasteiger partial charge in [-0.2, -0.15) is 0 Å². The summed E-state index contributed by atoms with van der Waals surface area (Å²) in [6, 6.07) is 9.34. The fourth-order valence-corrected chi connectivity index (χ4v) is 4.03. The Balaban J connectivity index is 2.07. The van der Waals surface area contributed by atoms with E-state index in [0.29, 0.717) is 12.0 Å². The Morgan fingerprint density at radius 3 is 2.47 bits per heavy atom. The fraction of sp³-hybridized carbons (Fsp3) is 0.419. The molecule has 0 aliphatic heterocycles. The standard InChI is InChI=1S/C31H38O7/c1-4-5-6-7-8-12-21-31(38-25(3)33)22-20-29(34)28(31)17-13-16-27(37-24(2)32)18-19-30(35)36-23-26-14-10-9-11-15-26/h8-17,20,22,27H,4-7,18-19,21,23H2,1-3H3/b12-8-,16-13+,28-17-/t27-,31+/m0/s1. The zero-order chi connectivity index (χ0) is 27.8. The lowest BCUT2D eigenvalue weighted by Crippen LogP contribution is -2.33. The molecule has 0 saturated heterocycles. The molecule has 0 bridgehead atoms. The molecule has 0 heterocycles. The van der Waals surface area contributed by atoms with Gasteiger partial charge in [-0.25, -0.2) is 0 Å². The van der Waals surface area contributed by atoms with Gasteiger partial charge in [-0.15, -0.1) is 0 Å². The Hall–Kier alpha value is -3.74. The molecule has 7 heteroatoms. The molecule has 2 atom stereocenters. The molecule has 0 radical (unpaired) electrons. The molecule has 204 valence electrons. The predicted octanol–water partition coefficient (Wildman–Crippen LogP) is 5.89. The molecule has 0 amide bonds. The Morgan fingerprint density at radius 2 is 1.79 bits per heavy atom. The molecule has 1 aliphatic rings. The Labute approximate surface area is 225 Å². The molecular formula is C31H38O7. The molecule has 0 saturated carbocycles. The summed E-state index contributed by atoms with van der Waals surface area (Å²) < 4.78 is 16.2. The van der Waals surface area contributed by atoms with E-state index in [1.165, 1.54) is 19.9 Å². The summed E-state index contributed by atoms with van der Waals surface area (Å²) in [6.45, 7) is 4.91. The minimum Gasteiger partial charge on any atom is -0.461 e. The van der Waals surface area contributed by atoms with Crippen LogP contribution in [0.15, 0.2) is 78.4 Å². The SMILES string of the molecule is CCCCC/C=C\C[C@@]1(OC(C)=O)C=CC(=O)/C1=C/C=C/[C@@H](CCC(=O)OCc1ccccc1)OC(C)=O. The van der Waals surface area contributed by atoms with Crippen molar-refractivity contribution in [3.05, 3.63) is 84.0 Å². The van der Waals surface area contributed by atoms with E-state index in [0.717, 1.165) is 31.2 Å². The second kappa shape index (κ2) is 16.2. The van der Waals surface area contributed by atoms with Gasteiger partial charge in [-0.05, 0) is 43.1 Å². The molecule has 38 heavy (non-hydrogen) atoms. The van der Waals surface area contributed by atoms with Gasteiger partial charge in [-0.1, -0.05) is 74.4 Å². The number of ketones is 1. The van der Waals surface area contributed by atoms with E-state index in [-0.39, 0.29) is 25.2 Å². The van der Waals surface area contributed by atoms with Gasteiger partial charge in [0.2, 0.25) is 0 Å². The third-order valence-corrected chi connectivity index (χ3v) is 5.89. The Bertz CT molecular complexity index is 1060. The highest BCUT2D eigenvalue weighted by molar-refractivity contribution is 6.09. The smallest absolute Gasteiger partial charge is 0.306 e. The van der Waals surface area contributed by atoms with Crippen LogP contribution in [0.25, 0.3) is 0 Å². The van der Waals surface area contributed by atoms with E-state index in [1.807, 2.05) is 42.5 Å². The van der Waals surface area contributed by atoms with Gasteiger partial charge in [-0.3, -0.25) is 19.2 Å². The van der Waals surface area contributed by atoms with Crippen molar-refractivity contribution < 1.29 is 33.4 Å². The minimum atomic E-state index is -1.19. The normalized spacial score (nSPS) is 18.8. The number of hydrogen-bond acceptors (Lipinski definition) is 7. The summed E-state index contributed by atoms with van der Waals surface area (Å²) in [5.41, 5.74) is 0.00369. The van der Waals surface area contributed by atoms with Crippen LogP contribution in [-0.2, 0) is 40.0 Å². The van der Waals surface area contributed by atoms with E-state index in [9.17, 15) is 19.2 Å². The van der Waals surface area contributed by atoms with Crippen molar-refractivity contribution in [1.82, 2.24) is 0 Å². The van der Waals surface area contributed by atoms with Crippen molar-refractivity contribution in [3.8, 4) is 0 Å². The third-order valence-electron chi connectivity index (χ3n) is 5.89. The number of hydrogen-bond donors (Lipinski definition) is 0. The summed E-state index contributed by atoms with van der Waals surface area (Å²) in [4.78, 5) is 48.3. The van der Waals surface area contributed by atoms with E-state index >= 15 is 0 Å². The van der Waals surface area contributed by atoms with Crippen LogP contribution in [0.2, 0.25) is 0 Å². The van der Waals surface area contributed by atoms with E-state index < -0.39 is 29.6 Å². The third kappa shape index (κ3) is 10.7. The zero-order valence-electron chi connectivity index (χ0n) is 22.5. The molecule has 2 rings (SSSR count). The molecule has 0 spiro atoms. The van der Waals surface area contributed by atoms with Crippen LogP contribution in [0.3, 0.4) is 0 Å². The maximum Gasteiger partial charge on any atom is 0.306 e. The van der Waals surface area contributed by atoms with Crippen molar-refractivity contribution in [2.45, 2.75) is 84.0 Å². The van der Waals surface area contributed by atoms with Gasteiger partial charge in [0.05, 0.1) is 0 Å². The second-order valence-corrected chi connectivity index (χ2v) is 9.15. The van der Waals surface area contributed by atoms with Crippen molar-refractivity contribution in [2.24, 2.45) is 0 Å². The predicted molar refractivity (Wildman–Crippen MR) is 145 cm³/mol.